The summed E-state index contributed by atoms with van der Waals surface area (Å²) < 4.78 is 5.32. The van der Waals surface area contributed by atoms with E-state index in [1.54, 1.807) is 7.11 Å². The predicted octanol–water partition coefficient (Wildman–Crippen LogP) is 3.71. The Morgan fingerprint density at radius 3 is 2.91 bits per heavy atom. The van der Waals surface area contributed by atoms with Crippen molar-refractivity contribution in [2.75, 3.05) is 7.11 Å². The van der Waals surface area contributed by atoms with Crippen molar-refractivity contribution in [1.29, 1.82) is 0 Å². The molecule has 22 heavy (non-hydrogen) atoms. The number of hydrogen-bond donors (Lipinski definition) is 1. The number of hydrogen-bond acceptors (Lipinski definition) is 3. The Bertz CT molecular complexity index is 614. The fourth-order valence-corrected chi connectivity index (χ4v) is 3.54. The summed E-state index contributed by atoms with van der Waals surface area (Å²) in [6.45, 7) is 0. The lowest BCUT2D eigenvalue weighted by molar-refractivity contribution is -0.0546. The smallest absolute Gasteiger partial charge is 0.119 e. The highest BCUT2D eigenvalue weighted by molar-refractivity contribution is 5.33. The fourth-order valence-electron chi connectivity index (χ4n) is 3.54. The molecule has 1 fully saturated rings. The molecular formula is C19H23NO2. The monoisotopic (exact) mass is 297 g/mol. The Hall–Kier alpha value is -1.87. The van der Waals surface area contributed by atoms with Gasteiger partial charge in [-0.25, -0.2) is 0 Å². The van der Waals surface area contributed by atoms with Gasteiger partial charge in [0.25, 0.3) is 0 Å². The van der Waals surface area contributed by atoms with Crippen molar-refractivity contribution in [3.8, 4) is 5.75 Å². The van der Waals surface area contributed by atoms with Crippen LogP contribution in [0.5, 0.6) is 5.75 Å². The van der Waals surface area contributed by atoms with Crippen LogP contribution < -0.4 is 4.74 Å². The molecule has 0 radical (unpaired) electrons. The molecule has 2 atom stereocenters. The van der Waals surface area contributed by atoms with Crippen LogP contribution in [-0.4, -0.2) is 17.2 Å². The van der Waals surface area contributed by atoms with Crippen molar-refractivity contribution < 1.29 is 9.84 Å². The van der Waals surface area contributed by atoms with Gasteiger partial charge in [-0.3, -0.25) is 4.98 Å². The molecule has 1 saturated carbocycles. The normalized spacial score (nSPS) is 24.9. The Kier molecular flexibility index (Phi) is 4.44. The molecule has 0 aliphatic heterocycles. The van der Waals surface area contributed by atoms with Gasteiger partial charge < -0.3 is 9.84 Å². The van der Waals surface area contributed by atoms with Crippen molar-refractivity contribution >= 4 is 0 Å². The summed E-state index contributed by atoms with van der Waals surface area (Å²) in [4.78, 5) is 4.43. The Labute approximate surface area is 132 Å². The lowest BCUT2D eigenvalue weighted by Gasteiger charge is -2.40. The quantitative estimate of drug-likeness (QED) is 0.935. The predicted molar refractivity (Wildman–Crippen MR) is 86.8 cm³/mol. The first-order valence-corrected chi connectivity index (χ1v) is 7.99. The number of methoxy groups -OCH3 is 1. The Morgan fingerprint density at radius 1 is 1.23 bits per heavy atom. The number of benzene rings is 1. The molecule has 0 saturated heterocycles. The van der Waals surface area contributed by atoms with Crippen molar-refractivity contribution in [3.63, 3.8) is 0 Å². The van der Waals surface area contributed by atoms with Gasteiger partial charge in [0.2, 0.25) is 0 Å². The molecule has 1 aliphatic carbocycles. The van der Waals surface area contributed by atoms with E-state index in [0.717, 1.165) is 42.7 Å². The summed E-state index contributed by atoms with van der Waals surface area (Å²) in [5.74, 6) is 0.997. The van der Waals surface area contributed by atoms with Gasteiger partial charge in [-0.2, -0.15) is 0 Å². The zero-order valence-electron chi connectivity index (χ0n) is 13.0. The molecule has 0 bridgehead atoms. The second kappa shape index (κ2) is 6.49. The lowest BCUT2D eigenvalue weighted by Crippen LogP contribution is -2.39. The third-order valence-corrected chi connectivity index (χ3v) is 4.79. The van der Waals surface area contributed by atoms with E-state index < -0.39 is 5.60 Å². The second-order valence-corrected chi connectivity index (χ2v) is 6.12. The van der Waals surface area contributed by atoms with Gasteiger partial charge in [-0.1, -0.05) is 31.0 Å². The van der Waals surface area contributed by atoms with E-state index in [1.165, 1.54) is 6.42 Å². The molecule has 1 N–H and O–H groups in total. The average molecular weight is 297 g/mol. The zero-order chi connectivity index (χ0) is 15.4. The summed E-state index contributed by atoms with van der Waals surface area (Å²) >= 11 is 0. The zero-order valence-corrected chi connectivity index (χ0v) is 13.0. The molecule has 1 heterocycles. The molecule has 116 valence electrons. The third kappa shape index (κ3) is 3.00. The van der Waals surface area contributed by atoms with Crippen molar-refractivity contribution in [2.24, 2.45) is 5.92 Å². The highest BCUT2D eigenvalue weighted by Gasteiger charge is 2.40. The number of rotatable bonds is 4. The minimum absolute atomic E-state index is 0.197. The highest BCUT2D eigenvalue weighted by Crippen LogP contribution is 2.43. The number of aliphatic hydroxyl groups is 1. The van der Waals surface area contributed by atoms with Crippen molar-refractivity contribution in [2.45, 2.75) is 37.7 Å². The van der Waals surface area contributed by atoms with Gasteiger partial charge in [0.05, 0.1) is 12.7 Å². The molecule has 3 nitrogen and oxygen atoms in total. The summed E-state index contributed by atoms with van der Waals surface area (Å²) in [5, 5.41) is 11.4. The molecule has 0 spiro atoms. The lowest BCUT2D eigenvalue weighted by atomic mass is 9.69. The summed E-state index contributed by atoms with van der Waals surface area (Å²) in [5.41, 5.74) is 1.23. The Morgan fingerprint density at radius 2 is 2.14 bits per heavy atom. The van der Waals surface area contributed by atoms with Crippen LogP contribution in [0.2, 0.25) is 0 Å². The molecule has 3 heteroatoms. The van der Waals surface area contributed by atoms with E-state index in [9.17, 15) is 5.11 Å². The van der Waals surface area contributed by atoms with Gasteiger partial charge in [0, 0.05) is 11.9 Å². The number of aromatic nitrogens is 1. The van der Waals surface area contributed by atoms with Gasteiger partial charge in [0.1, 0.15) is 5.75 Å². The molecule has 0 unspecified atom stereocenters. The van der Waals surface area contributed by atoms with Crippen LogP contribution in [-0.2, 0) is 12.0 Å². The largest absolute Gasteiger partial charge is 0.497 e. The van der Waals surface area contributed by atoms with E-state index in [-0.39, 0.29) is 5.92 Å². The number of pyridine rings is 1. The molecule has 3 rings (SSSR count). The third-order valence-electron chi connectivity index (χ3n) is 4.79. The first kappa shape index (κ1) is 15.0. The van der Waals surface area contributed by atoms with Crippen LogP contribution >= 0.6 is 0 Å². The minimum atomic E-state index is -0.787. The van der Waals surface area contributed by atoms with Crippen molar-refractivity contribution in [1.82, 2.24) is 4.98 Å². The maximum atomic E-state index is 11.4. The van der Waals surface area contributed by atoms with Crippen LogP contribution in [0.1, 0.15) is 36.9 Å². The van der Waals surface area contributed by atoms with Crippen LogP contribution in [0.4, 0.5) is 0 Å². The second-order valence-electron chi connectivity index (χ2n) is 6.12. The Balaban J connectivity index is 1.90. The van der Waals surface area contributed by atoms with E-state index >= 15 is 0 Å². The van der Waals surface area contributed by atoms with E-state index in [0.29, 0.717) is 0 Å². The molecule has 1 aliphatic rings. The highest BCUT2D eigenvalue weighted by atomic mass is 16.5. The van der Waals surface area contributed by atoms with E-state index in [4.69, 9.17) is 4.74 Å². The topological polar surface area (TPSA) is 42.4 Å². The summed E-state index contributed by atoms with van der Waals surface area (Å²) in [6.07, 6.45) is 6.70. The first-order valence-electron chi connectivity index (χ1n) is 7.99. The van der Waals surface area contributed by atoms with Gasteiger partial charge in [0.15, 0.2) is 0 Å². The van der Waals surface area contributed by atoms with E-state index in [2.05, 4.69) is 4.98 Å². The van der Waals surface area contributed by atoms with Gasteiger partial charge in [-0.05, 0) is 55.0 Å². The first-order chi connectivity index (χ1) is 10.7. The van der Waals surface area contributed by atoms with Crippen molar-refractivity contribution in [3.05, 3.63) is 59.9 Å². The molecule has 0 amide bonds. The SMILES string of the molecule is COc1cccc([C@@]2(O)CCCC[C@@H]2Cc2ccccn2)c1. The van der Waals surface area contributed by atoms with Gasteiger partial charge in [-0.15, -0.1) is 0 Å². The summed E-state index contributed by atoms with van der Waals surface area (Å²) in [6, 6.07) is 13.8. The molecule has 2 aromatic rings. The molecule has 1 aromatic heterocycles. The van der Waals surface area contributed by atoms with Crippen LogP contribution in [0.25, 0.3) is 0 Å². The van der Waals surface area contributed by atoms with Crippen LogP contribution in [0.15, 0.2) is 48.7 Å². The molecule has 1 aromatic carbocycles. The van der Waals surface area contributed by atoms with Crippen LogP contribution in [0, 0.1) is 5.92 Å². The molecular weight excluding hydrogens is 274 g/mol. The van der Waals surface area contributed by atoms with Gasteiger partial charge >= 0.3 is 0 Å². The maximum absolute atomic E-state index is 11.4. The average Bonchev–Trinajstić information content (AvgIpc) is 2.58. The minimum Gasteiger partial charge on any atom is -0.497 e. The summed E-state index contributed by atoms with van der Waals surface area (Å²) in [7, 11) is 1.66. The van der Waals surface area contributed by atoms with Crippen LogP contribution in [0.3, 0.4) is 0 Å². The standard InChI is InChI=1S/C19H23NO2/c1-22-18-10-6-8-16(14-18)19(21)11-4-2-7-15(19)13-17-9-3-5-12-20-17/h3,5-6,8-10,12,14-15,21H,2,4,7,11,13H2,1H3/t15-,19-/m1/s1. The number of nitrogens with zero attached hydrogens (tertiary/aromatic N) is 1. The maximum Gasteiger partial charge on any atom is 0.119 e. The number of ether oxygens (including phenoxy) is 1. The van der Waals surface area contributed by atoms with E-state index in [1.807, 2.05) is 48.7 Å². The fraction of sp³-hybridized carbons (Fsp3) is 0.421.